The van der Waals surface area contributed by atoms with E-state index in [9.17, 15) is 18.4 Å². The highest BCUT2D eigenvalue weighted by Gasteiger charge is 2.33. The molecule has 4 aromatic rings. The average molecular weight is 554 g/mol. The molecule has 1 amide bonds. The number of benzene rings is 1. The van der Waals surface area contributed by atoms with Crippen LogP contribution in [0.1, 0.15) is 60.6 Å². The Morgan fingerprint density at radius 1 is 1.05 bits per heavy atom. The van der Waals surface area contributed by atoms with Crippen molar-refractivity contribution < 1.29 is 18.3 Å². The second-order valence-corrected chi connectivity index (χ2v) is 10.4. The first-order valence-corrected chi connectivity index (χ1v) is 13.4. The van der Waals surface area contributed by atoms with Gasteiger partial charge in [0.15, 0.2) is 17.3 Å². The molecule has 11 heteroatoms. The van der Waals surface area contributed by atoms with Gasteiger partial charge in [-0.25, -0.2) is 28.3 Å². The van der Waals surface area contributed by atoms with Gasteiger partial charge in [0.25, 0.3) is 0 Å². The van der Waals surface area contributed by atoms with E-state index in [2.05, 4.69) is 15.0 Å². The van der Waals surface area contributed by atoms with Crippen molar-refractivity contribution in [2.24, 2.45) is 0 Å². The molecule has 8 nitrogen and oxygen atoms in total. The zero-order valence-electron chi connectivity index (χ0n) is 20.9. The minimum absolute atomic E-state index is 0.0690. The largest absolute Gasteiger partial charge is 0.440 e. The van der Waals surface area contributed by atoms with Crippen molar-refractivity contribution in [3.8, 4) is 0 Å². The minimum atomic E-state index is -0.885. The lowest BCUT2D eigenvalue weighted by Gasteiger charge is -2.33. The van der Waals surface area contributed by atoms with Gasteiger partial charge in [0.05, 0.1) is 11.2 Å². The molecule has 2 atom stereocenters. The molecule has 0 spiro atoms. The molecule has 0 bridgehead atoms. The first-order valence-electron chi connectivity index (χ1n) is 13.0. The number of nitrogens with one attached hydrogen (secondary N) is 1. The molecule has 0 radical (unpaired) electrons. The average Bonchev–Trinajstić information content (AvgIpc) is 3.18. The summed E-state index contributed by atoms with van der Waals surface area (Å²) in [5.41, 5.74) is 2.70. The Labute approximate surface area is 227 Å². The molecule has 2 aliphatic rings. The van der Waals surface area contributed by atoms with Crippen molar-refractivity contribution in [3.63, 3.8) is 0 Å². The van der Waals surface area contributed by atoms with E-state index in [0.717, 1.165) is 17.1 Å². The van der Waals surface area contributed by atoms with E-state index in [-0.39, 0.29) is 22.8 Å². The summed E-state index contributed by atoms with van der Waals surface area (Å²) >= 11 is 6.19. The van der Waals surface area contributed by atoms with Gasteiger partial charge in [0.2, 0.25) is 0 Å². The second kappa shape index (κ2) is 10.4. The van der Waals surface area contributed by atoms with Crippen LogP contribution in [-0.4, -0.2) is 43.6 Å². The fourth-order valence-corrected chi connectivity index (χ4v) is 5.98. The smallest absolute Gasteiger partial charge is 0.410 e. The molecule has 1 saturated heterocycles. The van der Waals surface area contributed by atoms with E-state index < -0.39 is 23.8 Å². The van der Waals surface area contributed by atoms with Crippen molar-refractivity contribution in [3.05, 3.63) is 92.8 Å². The summed E-state index contributed by atoms with van der Waals surface area (Å²) in [7, 11) is 0. The number of carbonyl (C=O) groups is 1. The topological polar surface area (TPSA) is 93.1 Å². The number of carbonyl (C=O) groups excluding carboxylic acids is 1. The van der Waals surface area contributed by atoms with Crippen molar-refractivity contribution >= 4 is 28.9 Å². The second-order valence-electron chi connectivity index (χ2n) is 10.1. The lowest BCUT2D eigenvalue weighted by Crippen LogP contribution is -2.41. The third-order valence-corrected chi connectivity index (χ3v) is 7.98. The van der Waals surface area contributed by atoms with Crippen LogP contribution in [0.5, 0.6) is 0 Å². The van der Waals surface area contributed by atoms with Gasteiger partial charge in [-0.1, -0.05) is 29.8 Å². The minimum Gasteiger partial charge on any atom is -0.440 e. The van der Waals surface area contributed by atoms with Crippen LogP contribution in [0.15, 0.2) is 53.5 Å². The van der Waals surface area contributed by atoms with E-state index in [4.69, 9.17) is 16.3 Å². The predicted octanol–water partition coefficient (Wildman–Crippen LogP) is 5.69. The van der Waals surface area contributed by atoms with Gasteiger partial charge in [0.1, 0.15) is 11.3 Å². The maximum absolute atomic E-state index is 14.6. The number of pyridine rings is 2. The first-order chi connectivity index (χ1) is 18.9. The number of piperidine rings is 1. The Morgan fingerprint density at radius 2 is 1.87 bits per heavy atom. The number of likely N-dealkylation sites (tertiary alicyclic amines) is 1. The summed E-state index contributed by atoms with van der Waals surface area (Å²) in [5, 5.41) is 0.268. The van der Waals surface area contributed by atoms with Crippen LogP contribution < -0.4 is 5.69 Å². The molecule has 39 heavy (non-hydrogen) atoms. The molecule has 1 aliphatic carbocycles. The van der Waals surface area contributed by atoms with Crippen LogP contribution in [0.2, 0.25) is 5.15 Å². The van der Waals surface area contributed by atoms with Crippen LogP contribution in [0, 0.1) is 11.6 Å². The Balaban J connectivity index is 1.17. The van der Waals surface area contributed by atoms with E-state index in [1.165, 1.54) is 6.07 Å². The molecule has 0 unspecified atom stereocenters. The van der Waals surface area contributed by atoms with E-state index in [0.29, 0.717) is 62.1 Å². The number of fused-ring (bicyclic) bond motifs is 2. The molecule has 4 heterocycles. The molecule has 1 aliphatic heterocycles. The van der Waals surface area contributed by atoms with Crippen LogP contribution in [-0.2, 0) is 11.2 Å². The summed E-state index contributed by atoms with van der Waals surface area (Å²) in [6, 6.07) is 11.2. The zero-order chi connectivity index (χ0) is 27.1. The summed E-state index contributed by atoms with van der Waals surface area (Å²) in [4.78, 5) is 38.9. The molecule has 202 valence electrons. The highest BCUT2D eigenvalue weighted by atomic mass is 35.5. The number of hydrogen-bond donors (Lipinski definition) is 1. The SMILES string of the molecule is O=C(O[C@@H]1CC[C@@H](c2cccc(F)c2F)Cc2ccc(Cl)nc21)N1CCC(n2c(=O)[nH]c3ncccc32)CC1. The Kier molecular flexibility index (Phi) is 6.80. The van der Waals surface area contributed by atoms with Crippen molar-refractivity contribution in [1.29, 1.82) is 0 Å². The van der Waals surface area contributed by atoms with Crippen LogP contribution in [0.25, 0.3) is 11.2 Å². The molecule has 1 fully saturated rings. The lowest BCUT2D eigenvalue weighted by atomic mass is 9.90. The molecular formula is C28H26ClF2N5O3. The number of H-pyrrole nitrogens is 1. The highest BCUT2D eigenvalue weighted by Crippen LogP contribution is 2.39. The maximum Gasteiger partial charge on any atom is 0.410 e. The van der Waals surface area contributed by atoms with Gasteiger partial charge >= 0.3 is 11.8 Å². The quantitative estimate of drug-likeness (QED) is 0.260. The number of ether oxygens (including phenoxy) is 1. The van der Waals surface area contributed by atoms with Gasteiger partial charge < -0.3 is 9.64 Å². The number of nitrogens with zero attached hydrogens (tertiary/aromatic N) is 4. The third-order valence-electron chi connectivity index (χ3n) is 7.77. The standard InChI is InChI=1S/C28H26ClF2N5O3/c29-23-9-7-17-15-16(19-3-1-4-20(30)24(19)31)6-8-22(25(17)33-23)39-28(38)35-13-10-18(11-14-35)36-21-5-2-12-32-26(21)34-27(36)37/h1-5,7,9,12,16,18,22H,6,8,10-11,13-15H2,(H,32,34,37)/t16-,22-/m1/s1. The van der Waals surface area contributed by atoms with Gasteiger partial charge in [-0.2, -0.15) is 0 Å². The number of halogens is 3. The molecule has 6 rings (SSSR count). The fourth-order valence-electron chi connectivity index (χ4n) is 5.83. The molecule has 1 aromatic carbocycles. The van der Waals surface area contributed by atoms with E-state index in [1.807, 2.05) is 6.07 Å². The maximum atomic E-state index is 14.6. The van der Waals surface area contributed by atoms with Gasteiger partial charge in [0, 0.05) is 25.3 Å². The summed E-state index contributed by atoms with van der Waals surface area (Å²) in [6.07, 6.45) is 2.94. The van der Waals surface area contributed by atoms with Crippen LogP contribution >= 0.6 is 11.6 Å². The fraction of sp³-hybridized carbons (Fsp3) is 0.357. The van der Waals surface area contributed by atoms with Crippen LogP contribution in [0.4, 0.5) is 13.6 Å². The van der Waals surface area contributed by atoms with Gasteiger partial charge in [-0.15, -0.1) is 0 Å². The number of aromatic nitrogens is 4. The van der Waals surface area contributed by atoms with E-state index >= 15 is 0 Å². The van der Waals surface area contributed by atoms with E-state index in [1.54, 1.807) is 39.9 Å². The third kappa shape index (κ3) is 4.89. The van der Waals surface area contributed by atoms with Gasteiger partial charge in [-0.05, 0) is 73.4 Å². The molecule has 3 aromatic heterocycles. The van der Waals surface area contributed by atoms with Crippen LogP contribution in [0.3, 0.4) is 0 Å². The monoisotopic (exact) mass is 553 g/mol. The highest BCUT2D eigenvalue weighted by molar-refractivity contribution is 6.29. The summed E-state index contributed by atoms with van der Waals surface area (Å²) in [6.45, 7) is 0.838. The predicted molar refractivity (Wildman–Crippen MR) is 141 cm³/mol. The number of hydrogen-bond acceptors (Lipinski definition) is 5. The van der Waals surface area contributed by atoms with Crippen molar-refractivity contribution in [1.82, 2.24) is 24.4 Å². The number of amides is 1. The number of aromatic amines is 1. The first kappa shape index (κ1) is 25.5. The molecule has 1 N–H and O–H groups in total. The Bertz CT molecular complexity index is 1600. The summed E-state index contributed by atoms with van der Waals surface area (Å²) in [5.74, 6) is -2.04. The Morgan fingerprint density at radius 3 is 2.69 bits per heavy atom. The Hall–Kier alpha value is -3.79. The normalized spacial score (nSPS) is 20.0. The lowest BCUT2D eigenvalue weighted by molar-refractivity contribution is 0.0473. The van der Waals surface area contributed by atoms with Crippen molar-refractivity contribution in [2.75, 3.05) is 13.1 Å². The van der Waals surface area contributed by atoms with Gasteiger partial charge in [-0.3, -0.25) is 9.55 Å². The summed E-state index contributed by atoms with van der Waals surface area (Å²) < 4.78 is 36.3. The molecule has 0 saturated carbocycles. The number of imidazole rings is 1. The molecular weight excluding hydrogens is 528 g/mol. The zero-order valence-corrected chi connectivity index (χ0v) is 21.7. The van der Waals surface area contributed by atoms with Crippen molar-refractivity contribution in [2.45, 2.75) is 50.2 Å². The number of rotatable bonds is 3.